The maximum Gasteiger partial charge on any atom is 0.255 e. The van der Waals surface area contributed by atoms with Crippen LogP contribution in [-0.4, -0.2) is 32.7 Å². The number of nitrogens with one attached hydrogen (secondary N) is 1. The van der Waals surface area contributed by atoms with Gasteiger partial charge in [-0.05, 0) is 66.6 Å². The molecule has 0 aliphatic carbocycles. The molecule has 0 atom stereocenters. The predicted octanol–water partition coefficient (Wildman–Crippen LogP) is 4.73. The van der Waals surface area contributed by atoms with Crippen LogP contribution in [0, 0.1) is 6.92 Å². The highest BCUT2D eigenvalue weighted by atomic mass is 35.5. The van der Waals surface area contributed by atoms with Crippen molar-refractivity contribution in [3.05, 3.63) is 88.4 Å². The Morgan fingerprint density at radius 2 is 1.65 bits per heavy atom. The first kappa shape index (κ1) is 22.8. The number of hydrogen-bond acceptors (Lipinski definition) is 4. The van der Waals surface area contributed by atoms with E-state index in [4.69, 9.17) is 16.3 Å². The molecule has 3 aromatic rings. The predicted molar refractivity (Wildman–Crippen MR) is 122 cm³/mol. The van der Waals surface area contributed by atoms with Crippen molar-refractivity contribution >= 4 is 33.2 Å². The first-order valence-electron chi connectivity index (χ1n) is 9.48. The molecule has 3 aromatic carbocycles. The lowest BCUT2D eigenvalue weighted by Gasteiger charge is -2.12. The third kappa shape index (κ3) is 5.64. The summed E-state index contributed by atoms with van der Waals surface area (Å²) in [6, 6.07) is 18.7. The lowest BCUT2D eigenvalue weighted by atomic mass is 10.2. The average Bonchev–Trinajstić information content (AvgIpc) is 2.75. The van der Waals surface area contributed by atoms with Crippen molar-refractivity contribution in [1.82, 2.24) is 4.31 Å². The number of amides is 1. The van der Waals surface area contributed by atoms with Crippen LogP contribution < -0.4 is 10.1 Å². The van der Waals surface area contributed by atoms with Crippen molar-refractivity contribution in [2.24, 2.45) is 0 Å². The first-order valence-corrected chi connectivity index (χ1v) is 11.3. The Hall–Kier alpha value is -2.87. The van der Waals surface area contributed by atoms with Crippen LogP contribution in [0.15, 0.2) is 71.6 Å². The van der Waals surface area contributed by atoms with Crippen LogP contribution in [0.3, 0.4) is 0 Å². The van der Waals surface area contributed by atoms with Crippen LogP contribution >= 0.6 is 11.6 Å². The minimum atomic E-state index is -3.45. The zero-order chi connectivity index (χ0) is 22.6. The average molecular weight is 459 g/mol. The molecule has 0 radical (unpaired) electrons. The summed E-state index contributed by atoms with van der Waals surface area (Å²) in [5, 5.41) is 3.40. The molecule has 0 bridgehead atoms. The van der Waals surface area contributed by atoms with Crippen molar-refractivity contribution < 1.29 is 17.9 Å². The van der Waals surface area contributed by atoms with E-state index in [-0.39, 0.29) is 17.4 Å². The van der Waals surface area contributed by atoms with Gasteiger partial charge in [0.1, 0.15) is 12.4 Å². The van der Waals surface area contributed by atoms with E-state index in [9.17, 15) is 13.2 Å². The van der Waals surface area contributed by atoms with Crippen LogP contribution in [0.25, 0.3) is 0 Å². The van der Waals surface area contributed by atoms with Gasteiger partial charge in [-0.15, -0.1) is 0 Å². The van der Waals surface area contributed by atoms with Crippen LogP contribution in [0.1, 0.15) is 21.5 Å². The quantitative estimate of drug-likeness (QED) is 0.555. The zero-order valence-electron chi connectivity index (χ0n) is 17.4. The maximum absolute atomic E-state index is 12.4. The van der Waals surface area contributed by atoms with Gasteiger partial charge in [0.2, 0.25) is 10.0 Å². The molecule has 0 fully saturated rings. The Kier molecular flexibility index (Phi) is 7.00. The summed E-state index contributed by atoms with van der Waals surface area (Å²) >= 11 is 6.09. The Morgan fingerprint density at radius 1 is 1.00 bits per heavy atom. The van der Waals surface area contributed by atoms with E-state index in [1.54, 1.807) is 60.7 Å². The Labute approximate surface area is 187 Å². The molecule has 0 heterocycles. The molecule has 0 saturated carbocycles. The number of carbonyl (C=O) groups is 1. The highest BCUT2D eigenvalue weighted by molar-refractivity contribution is 7.89. The minimum Gasteiger partial charge on any atom is -0.489 e. The van der Waals surface area contributed by atoms with Gasteiger partial charge in [0.15, 0.2) is 0 Å². The molecule has 6 nitrogen and oxygen atoms in total. The standard InChI is InChI=1S/C23H23ClN2O4S/c1-16-4-9-19(14-22(16)24)25-23(27)18-7-10-20(11-8-18)30-15-17-5-12-21(13-6-17)31(28,29)26(2)3/h4-14H,15H2,1-3H3,(H,25,27). The first-order chi connectivity index (χ1) is 14.7. The van der Waals surface area contributed by atoms with Gasteiger partial charge in [0.25, 0.3) is 5.91 Å². The molecule has 0 spiro atoms. The molecule has 0 saturated heterocycles. The monoisotopic (exact) mass is 458 g/mol. The van der Waals surface area contributed by atoms with Crippen molar-refractivity contribution in [1.29, 1.82) is 0 Å². The lowest BCUT2D eigenvalue weighted by Crippen LogP contribution is -2.22. The van der Waals surface area contributed by atoms with Gasteiger partial charge in [-0.3, -0.25) is 4.79 Å². The number of benzene rings is 3. The summed E-state index contributed by atoms with van der Waals surface area (Å²) in [6.45, 7) is 2.17. The van der Waals surface area contributed by atoms with Crippen LogP contribution in [0.5, 0.6) is 5.75 Å². The van der Waals surface area contributed by atoms with Gasteiger partial charge in [-0.2, -0.15) is 0 Å². The summed E-state index contributed by atoms with van der Waals surface area (Å²) in [6.07, 6.45) is 0. The van der Waals surface area contributed by atoms with Gasteiger partial charge < -0.3 is 10.1 Å². The highest BCUT2D eigenvalue weighted by Gasteiger charge is 2.16. The number of carbonyl (C=O) groups excluding carboxylic acids is 1. The van der Waals surface area contributed by atoms with E-state index in [0.29, 0.717) is 22.0 Å². The molecular formula is C23H23ClN2O4S. The van der Waals surface area contributed by atoms with E-state index in [1.165, 1.54) is 18.4 Å². The number of hydrogen-bond donors (Lipinski definition) is 1. The summed E-state index contributed by atoms with van der Waals surface area (Å²) in [4.78, 5) is 12.6. The van der Waals surface area contributed by atoms with E-state index in [1.807, 2.05) is 13.0 Å². The number of ether oxygens (including phenoxy) is 1. The SMILES string of the molecule is Cc1ccc(NC(=O)c2ccc(OCc3ccc(S(=O)(=O)N(C)C)cc3)cc2)cc1Cl. The van der Waals surface area contributed by atoms with Crippen LogP contribution in [0.2, 0.25) is 5.02 Å². The fourth-order valence-corrected chi connectivity index (χ4v) is 3.79. The fourth-order valence-electron chi connectivity index (χ4n) is 2.71. The second-order valence-electron chi connectivity index (χ2n) is 7.16. The van der Waals surface area contributed by atoms with Gasteiger partial charge >= 0.3 is 0 Å². The molecule has 8 heteroatoms. The number of aryl methyl sites for hydroxylation is 1. The lowest BCUT2D eigenvalue weighted by molar-refractivity contribution is 0.102. The van der Waals surface area contributed by atoms with E-state index >= 15 is 0 Å². The van der Waals surface area contributed by atoms with Crippen molar-refractivity contribution in [2.45, 2.75) is 18.4 Å². The Morgan fingerprint density at radius 3 is 2.23 bits per heavy atom. The van der Waals surface area contributed by atoms with Crippen LogP contribution in [-0.2, 0) is 16.6 Å². The Bertz CT molecular complexity index is 1180. The summed E-state index contributed by atoms with van der Waals surface area (Å²) < 4.78 is 31.1. The molecule has 0 aromatic heterocycles. The van der Waals surface area contributed by atoms with E-state index in [2.05, 4.69) is 5.32 Å². The highest BCUT2D eigenvalue weighted by Crippen LogP contribution is 2.21. The van der Waals surface area contributed by atoms with Crippen LogP contribution in [0.4, 0.5) is 5.69 Å². The van der Waals surface area contributed by atoms with Crippen molar-refractivity contribution in [3.8, 4) is 5.75 Å². The van der Waals surface area contributed by atoms with E-state index < -0.39 is 10.0 Å². The minimum absolute atomic E-state index is 0.228. The molecule has 3 rings (SSSR count). The maximum atomic E-state index is 12.4. The third-order valence-corrected chi connectivity index (χ3v) is 6.89. The number of anilines is 1. The molecular weight excluding hydrogens is 436 g/mol. The van der Waals surface area contributed by atoms with Crippen molar-refractivity contribution in [2.75, 3.05) is 19.4 Å². The molecule has 0 aliphatic heterocycles. The smallest absolute Gasteiger partial charge is 0.255 e. The second-order valence-corrected chi connectivity index (χ2v) is 9.72. The number of nitrogens with zero attached hydrogens (tertiary/aromatic N) is 1. The topological polar surface area (TPSA) is 75.7 Å². The molecule has 162 valence electrons. The largest absolute Gasteiger partial charge is 0.489 e. The second kappa shape index (κ2) is 9.51. The molecule has 0 unspecified atom stereocenters. The van der Waals surface area contributed by atoms with E-state index in [0.717, 1.165) is 11.1 Å². The van der Waals surface area contributed by atoms with Gasteiger partial charge in [0, 0.05) is 30.4 Å². The fraction of sp³-hybridized carbons (Fsp3) is 0.174. The van der Waals surface area contributed by atoms with Gasteiger partial charge in [-0.1, -0.05) is 29.8 Å². The summed E-state index contributed by atoms with van der Waals surface area (Å²) in [5.74, 6) is 0.351. The summed E-state index contributed by atoms with van der Waals surface area (Å²) in [7, 11) is -0.469. The molecule has 1 amide bonds. The third-order valence-electron chi connectivity index (χ3n) is 4.65. The molecule has 1 N–H and O–H groups in total. The number of halogens is 1. The molecule has 0 aliphatic rings. The zero-order valence-corrected chi connectivity index (χ0v) is 19.0. The normalized spacial score (nSPS) is 11.4. The Balaban J connectivity index is 1.59. The molecule has 31 heavy (non-hydrogen) atoms. The van der Waals surface area contributed by atoms with Gasteiger partial charge in [0.05, 0.1) is 4.90 Å². The number of rotatable bonds is 7. The van der Waals surface area contributed by atoms with Gasteiger partial charge in [-0.25, -0.2) is 12.7 Å². The summed E-state index contributed by atoms with van der Waals surface area (Å²) in [5.41, 5.74) is 2.88. The number of sulfonamides is 1. The van der Waals surface area contributed by atoms with Crippen molar-refractivity contribution in [3.63, 3.8) is 0 Å².